The van der Waals surface area contributed by atoms with Crippen molar-refractivity contribution in [3.8, 4) is 22.8 Å². The highest BCUT2D eigenvalue weighted by molar-refractivity contribution is 6.39. The number of carbonyl (C=O) groups is 2. The molecule has 0 aliphatic rings. The number of nitrogens with zero attached hydrogens (tertiary/aromatic N) is 1. The Bertz CT molecular complexity index is 1430. The van der Waals surface area contributed by atoms with Crippen LogP contribution in [0.2, 0.25) is 10.0 Å². The number of carbonyl (C=O) groups excluding carboxylic acids is 2. The van der Waals surface area contributed by atoms with Crippen molar-refractivity contribution in [3.63, 3.8) is 0 Å². The maximum atomic E-state index is 12.9. The fraction of sp³-hybridized carbons (Fsp3) is 0.179. The van der Waals surface area contributed by atoms with Gasteiger partial charge in [0.1, 0.15) is 17.5 Å². The van der Waals surface area contributed by atoms with Crippen molar-refractivity contribution in [2.45, 2.75) is 12.5 Å². The van der Waals surface area contributed by atoms with Gasteiger partial charge < -0.3 is 19.5 Å². The van der Waals surface area contributed by atoms with Gasteiger partial charge in [-0.25, -0.2) is 9.78 Å². The molecule has 4 aromatic rings. The Labute approximate surface area is 224 Å². The van der Waals surface area contributed by atoms with Crippen molar-refractivity contribution in [2.24, 2.45) is 0 Å². The second-order valence-electron chi connectivity index (χ2n) is 8.11. The van der Waals surface area contributed by atoms with E-state index in [2.05, 4.69) is 5.32 Å². The van der Waals surface area contributed by atoms with E-state index in [0.29, 0.717) is 17.2 Å². The van der Waals surface area contributed by atoms with Gasteiger partial charge in [-0.05, 0) is 48.0 Å². The first kappa shape index (κ1) is 26.3. The van der Waals surface area contributed by atoms with E-state index in [0.717, 1.165) is 22.0 Å². The van der Waals surface area contributed by atoms with Gasteiger partial charge in [-0.1, -0.05) is 47.5 Å². The van der Waals surface area contributed by atoms with Crippen molar-refractivity contribution < 1.29 is 23.8 Å². The Morgan fingerprint density at radius 3 is 2.16 bits per heavy atom. The number of esters is 1. The van der Waals surface area contributed by atoms with E-state index >= 15 is 0 Å². The van der Waals surface area contributed by atoms with E-state index in [1.165, 1.54) is 7.11 Å². The average molecular weight is 539 g/mol. The van der Waals surface area contributed by atoms with Gasteiger partial charge in [0.2, 0.25) is 0 Å². The molecular formula is C28H24Cl2N2O5. The van der Waals surface area contributed by atoms with Crippen molar-refractivity contribution in [1.29, 1.82) is 0 Å². The van der Waals surface area contributed by atoms with Crippen LogP contribution in [0.5, 0.6) is 11.5 Å². The van der Waals surface area contributed by atoms with Crippen molar-refractivity contribution >= 4 is 46.0 Å². The Balaban J connectivity index is 1.62. The molecule has 9 heteroatoms. The van der Waals surface area contributed by atoms with Gasteiger partial charge in [0.25, 0.3) is 5.91 Å². The number of hydrogen-bond acceptors (Lipinski definition) is 6. The summed E-state index contributed by atoms with van der Waals surface area (Å²) in [6.07, 6.45) is 0.193. The van der Waals surface area contributed by atoms with Crippen LogP contribution in [0.3, 0.4) is 0 Å². The molecule has 0 bridgehead atoms. The molecule has 190 valence electrons. The number of nitrogens with one attached hydrogen (secondary N) is 1. The molecule has 0 saturated heterocycles. The number of pyridine rings is 1. The third kappa shape index (κ3) is 5.63. The van der Waals surface area contributed by atoms with Crippen LogP contribution in [-0.4, -0.2) is 44.2 Å². The van der Waals surface area contributed by atoms with Crippen LogP contribution in [0.4, 0.5) is 0 Å². The van der Waals surface area contributed by atoms with Crippen LogP contribution in [-0.2, 0) is 16.0 Å². The highest BCUT2D eigenvalue weighted by atomic mass is 35.5. The van der Waals surface area contributed by atoms with Crippen LogP contribution >= 0.6 is 23.2 Å². The first-order chi connectivity index (χ1) is 17.9. The predicted molar refractivity (Wildman–Crippen MR) is 144 cm³/mol. The maximum absolute atomic E-state index is 12.9. The second kappa shape index (κ2) is 11.5. The van der Waals surface area contributed by atoms with Gasteiger partial charge in [0, 0.05) is 11.8 Å². The topological polar surface area (TPSA) is 86.8 Å². The molecule has 1 N–H and O–H groups in total. The number of methoxy groups -OCH3 is 3. The molecular weight excluding hydrogens is 515 g/mol. The summed E-state index contributed by atoms with van der Waals surface area (Å²) in [5.74, 6) is 0.147. The van der Waals surface area contributed by atoms with Crippen molar-refractivity contribution in [3.05, 3.63) is 87.9 Å². The van der Waals surface area contributed by atoms with Crippen LogP contribution in [0.1, 0.15) is 15.9 Å². The van der Waals surface area contributed by atoms with E-state index in [4.69, 9.17) is 42.4 Å². The van der Waals surface area contributed by atoms with Crippen molar-refractivity contribution in [2.75, 3.05) is 21.3 Å². The summed E-state index contributed by atoms with van der Waals surface area (Å²) in [7, 11) is 4.46. The molecule has 1 atom stereocenters. The monoisotopic (exact) mass is 538 g/mol. The normalized spacial score (nSPS) is 11.6. The molecule has 3 aromatic carbocycles. The third-order valence-electron chi connectivity index (χ3n) is 5.86. The number of ether oxygens (including phenoxy) is 3. The zero-order valence-electron chi connectivity index (χ0n) is 20.4. The average Bonchev–Trinajstić information content (AvgIpc) is 2.91. The summed E-state index contributed by atoms with van der Waals surface area (Å²) in [4.78, 5) is 30.2. The van der Waals surface area contributed by atoms with E-state index in [1.807, 2.05) is 48.5 Å². The van der Waals surface area contributed by atoms with Gasteiger partial charge >= 0.3 is 5.97 Å². The Kier molecular flexibility index (Phi) is 8.16. The molecule has 7 nitrogen and oxygen atoms in total. The lowest BCUT2D eigenvalue weighted by Crippen LogP contribution is -2.43. The molecule has 0 unspecified atom stereocenters. The lowest BCUT2D eigenvalue weighted by Gasteiger charge is -2.18. The summed E-state index contributed by atoms with van der Waals surface area (Å²) in [5.41, 5.74) is 3.10. The number of benzene rings is 3. The zero-order valence-corrected chi connectivity index (χ0v) is 21.9. The molecule has 1 aromatic heterocycles. The predicted octanol–water partition coefficient (Wildman–Crippen LogP) is 5.74. The van der Waals surface area contributed by atoms with Crippen LogP contribution < -0.4 is 14.8 Å². The molecule has 4 rings (SSSR count). The Morgan fingerprint density at radius 1 is 0.892 bits per heavy atom. The highest BCUT2D eigenvalue weighted by Gasteiger charge is 2.25. The van der Waals surface area contributed by atoms with Crippen LogP contribution in [0, 0.1) is 0 Å². The molecule has 0 fully saturated rings. The minimum Gasteiger partial charge on any atom is -0.496 e. The summed E-state index contributed by atoms with van der Waals surface area (Å²) in [6, 6.07) is 18.8. The van der Waals surface area contributed by atoms with Gasteiger partial charge in [-0.2, -0.15) is 0 Å². The van der Waals surface area contributed by atoms with E-state index in [9.17, 15) is 9.59 Å². The number of hydrogen-bond donors (Lipinski definition) is 1. The van der Waals surface area contributed by atoms with E-state index in [-0.39, 0.29) is 22.0 Å². The van der Waals surface area contributed by atoms with Gasteiger partial charge in [0.15, 0.2) is 0 Å². The second-order valence-corrected chi connectivity index (χ2v) is 8.93. The Morgan fingerprint density at radius 2 is 1.54 bits per heavy atom. The SMILES string of the molecule is COC(=O)[C@@H](Cc1ccc2nc(-c3c(OC)cccc3OC)ccc2c1)NC(=O)c1c(Cl)cccc1Cl. The molecule has 0 aliphatic heterocycles. The minimum atomic E-state index is -0.952. The van der Waals surface area contributed by atoms with E-state index in [1.54, 1.807) is 32.4 Å². The molecule has 0 aliphatic carbocycles. The summed E-state index contributed by atoms with van der Waals surface area (Å²) >= 11 is 12.3. The summed E-state index contributed by atoms with van der Waals surface area (Å²) in [5, 5.41) is 3.93. The zero-order chi connectivity index (χ0) is 26.5. The van der Waals surface area contributed by atoms with Crippen molar-refractivity contribution in [1.82, 2.24) is 10.3 Å². The fourth-order valence-corrected chi connectivity index (χ4v) is 4.63. The van der Waals surface area contributed by atoms with Crippen LogP contribution in [0.25, 0.3) is 22.2 Å². The Hall–Kier alpha value is -3.81. The first-order valence-corrected chi connectivity index (χ1v) is 12.1. The lowest BCUT2D eigenvalue weighted by atomic mass is 10.0. The largest absolute Gasteiger partial charge is 0.496 e. The smallest absolute Gasteiger partial charge is 0.328 e. The first-order valence-electron chi connectivity index (χ1n) is 11.3. The molecule has 0 spiro atoms. The molecule has 1 heterocycles. The molecule has 37 heavy (non-hydrogen) atoms. The number of fused-ring (bicyclic) bond motifs is 1. The summed E-state index contributed by atoms with van der Waals surface area (Å²) < 4.78 is 15.9. The van der Waals surface area contributed by atoms with Gasteiger partial charge in [-0.3, -0.25) is 4.79 Å². The van der Waals surface area contributed by atoms with Gasteiger partial charge in [0.05, 0.1) is 53.7 Å². The minimum absolute atomic E-state index is 0.0988. The fourth-order valence-electron chi connectivity index (χ4n) is 4.06. The number of rotatable bonds is 8. The standard InChI is InChI=1S/C28H24Cl2N2O5/c1-35-23-8-5-9-24(36-2)26(23)21-13-11-17-14-16(10-12-20(17)31-21)15-22(28(34)37-3)32-27(33)25-18(29)6-4-7-19(25)30/h4-14,22H,15H2,1-3H3,(H,32,33)/t22-/m1/s1. The third-order valence-corrected chi connectivity index (χ3v) is 6.49. The summed E-state index contributed by atoms with van der Waals surface area (Å²) in [6.45, 7) is 0. The lowest BCUT2D eigenvalue weighted by molar-refractivity contribution is -0.142. The van der Waals surface area contributed by atoms with E-state index < -0.39 is 17.9 Å². The van der Waals surface area contributed by atoms with Crippen LogP contribution in [0.15, 0.2) is 66.7 Å². The highest BCUT2D eigenvalue weighted by Crippen LogP contribution is 2.37. The molecule has 1 amide bonds. The molecule has 0 radical (unpaired) electrons. The quantitative estimate of drug-likeness (QED) is 0.288. The van der Waals surface area contributed by atoms with Gasteiger partial charge in [-0.15, -0.1) is 0 Å². The number of amides is 1. The number of aromatic nitrogens is 1. The maximum Gasteiger partial charge on any atom is 0.328 e. The molecule has 0 saturated carbocycles. The number of halogens is 2.